The molecule has 0 bridgehead atoms. The van der Waals surface area contributed by atoms with Crippen molar-refractivity contribution in [2.24, 2.45) is 0 Å². The van der Waals surface area contributed by atoms with Crippen LogP contribution in [0.1, 0.15) is 23.0 Å². The maximum atomic E-state index is 11.5. The molecule has 3 aromatic rings. The summed E-state index contributed by atoms with van der Waals surface area (Å²) in [6.45, 7) is 3.37. The molecule has 0 aliphatic rings. The van der Waals surface area contributed by atoms with Crippen molar-refractivity contribution >= 4 is 22.6 Å². The van der Waals surface area contributed by atoms with Crippen molar-refractivity contribution in [3.05, 3.63) is 47.7 Å². The Bertz CT molecular complexity index is 804. The van der Waals surface area contributed by atoms with Gasteiger partial charge in [0.25, 0.3) is 0 Å². The highest BCUT2D eigenvalue weighted by Gasteiger charge is 2.18. The summed E-state index contributed by atoms with van der Waals surface area (Å²) in [5.41, 5.74) is 9.51. The third kappa shape index (κ3) is 1.86. The number of carbonyl (C=O) groups excluding carboxylic acids is 1. The molecule has 0 unspecified atom stereocenters. The maximum absolute atomic E-state index is 11.5. The number of furan rings is 1. The molecule has 0 aliphatic carbocycles. The van der Waals surface area contributed by atoms with Crippen LogP contribution in [0.2, 0.25) is 0 Å². The summed E-state index contributed by atoms with van der Waals surface area (Å²) in [5, 5.41) is 0.717. The van der Waals surface area contributed by atoms with E-state index in [4.69, 9.17) is 10.2 Å². The fraction of sp³-hybridized carbons (Fsp3) is 0.125. The Morgan fingerprint density at radius 2 is 1.95 bits per heavy atom. The second kappa shape index (κ2) is 4.49. The number of nitrogens with zero attached hydrogens (tertiary/aromatic N) is 1. The van der Waals surface area contributed by atoms with E-state index in [0.717, 1.165) is 22.2 Å². The number of nitrogens with two attached hydrogens (primary N) is 1. The highest BCUT2D eigenvalue weighted by molar-refractivity contribution is 6.05. The smallest absolute Gasteiger partial charge is 0.229 e. The van der Waals surface area contributed by atoms with Gasteiger partial charge in [0.2, 0.25) is 5.71 Å². The quantitative estimate of drug-likeness (QED) is 0.720. The van der Waals surface area contributed by atoms with E-state index in [-0.39, 0.29) is 11.5 Å². The first-order valence-electron chi connectivity index (χ1n) is 6.34. The number of pyridine rings is 1. The van der Waals surface area contributed by atoms with Crippen molar-refractivity contribution in [1.29, 1.82) is 0 Å². The topological polar surface area (TPSA) is 69.1 Å². The predicted molar refractivity (Wildman–Crippen MR) is 78.6 cm³/mol. The van der Waals surface area contributed by atoms with Crippen LogP contribution in [0.15, 0.2) is 40.8 Å². The number of hydrogen-bond acceptors (Lipinski definition) is 4. The zero-order chi connectivity index (χ0) is 14.3. The molecule has 20 heavy (non-hydrogen) atoms. The average molecular weight is 266 g/mol. The summed E-state index contributed by atoms with van der Waals surface area (Å²) in [6.07, 6.45) is 0. The molecule has 2 aromatic heterocycles. The largest absolute Gasteiger partial charge is 0.432 e. The number of hydrogen-bond donors (Lipinski definition) is 1. The molecule has 0 saturated heterocycles. The molecule has 0 spiro atoms. The molecule has 3 rings (SSSR count). The molecule has 4 heteroatoms. The molecule has 0 fully saturated rings. The molecule has 0 amide bonds. The summed E-state index contributed by atoms with van der Waals surface area (Å²) < 4.78 is 5.52. The lowest BCUT2D eigenvalue weighted by Gasteiger charge is -2.03. The Labute approximate surface area is 116 Å². The van der Waals surface area contributed by atoms with Crippen LogP contribution in [0.5, 0.6) is 0 Å². The number of rotatable bonds is 2. The van der Waals surface area contributed by atoms with Crippen molar-refractivity contribution < 1.29 is 9.21 Å². The molecule has 100 valence electrons. The summed E-state index contributed by atoms with van der Waals surface area (Å²) in [5.74, 6) is -0.0121. The van der Waals surface area contributed by atoms with Gasteiger partial charge in [-0.25, -0.2) is 4.98 Å². The lowest BCUT2D eigenvalue weighted by Crippen LogP contribution is -1.95. The highest BCUT2D eigenvalue weighted by Crippen LogP contribution is 2.32. The molecular formula is C16H14N2O2. The molecule has 0 saturated carbocycles. The lowest BCUT2D eigenvalue weighted by molar-refractivity contribution is 0.0990. The van der Waals surface area contributed by atoms with Crippen LogP contribution < -0.4 is 5.73 Å². The highest BCUT2D eigenvalue weighted by atomic mass is 16.4. The molecule has 1 aromatic carbocycles. The van der Waals surface area contributed by atoms with Crippen LogP contribution >= 0.6 is 0 Å². The van der Waals surface area contributed by atoms with Gasteiger partial charge in [0.05, 0.1) is 16.8 Å². The number of carbonyl (C=O) groups is 1. The third-order valence-electron chi connectivity index (χ3n) is 3.29. The van der Waals surface area contributed by atoms with Gasteiger partial charge in [-0.05, 0) is 18.6 Å². The molecule has 0 atom stereocenters. The van der Waals surface area contributed by atoms with Gasteiger partial charge in [-0.1, -0.05) is 30.3 Å². The van der Waals surface area contributed by atoms with Gasteiger partial charge in [-0.2, -0.15) is 0 Å². The third-order valence-corrected chi connectivity index (χ3v) is 3.29. The number of fused-ring (bicyclic) bond motifs is 1. The van der Waals surface area contributed by atoms with Crippen LogP contribution in [0, 0.1) is 6.92 Å². The van der Waals surface area contributed by atoms with Gasteiger partial charge in [-0.15, -0.1) is 0 Å². The average Bonchev–Trinajstić information content (AvgIpc) is 2.77. The lowest BCUT2D eigenvalue weighted by atomic mass is 10.1. The monoisotopic (exact) mass is 266 g/mol. The van der Waals surface area contributed by atoms with Crippen LogP contribution in [-0.2, 0) is 0 Å². The van der Waals surface area contributed by atoms with E-state index < -0.39 is 0 Å². The Balaban J connectivity index is 2.28. The van der Waals surface area contributed by atoms with Crippen LogP contribution in [0.25, 0.3) is 22.4 Å². The van der Waals surface area contributed by atoms with E-state index in [9.17, 15) is 4.79 Å². The second-order valence-electron chi connectivity index (χ2n) is 4.77. The Kier molecular flexibility index (Phi) is 2.79. The molecule has 0 radical (unpaired) electrons. The first-order valence-corrected chi connectivity index (χ1v) is 6.34. The maximum Gasteiger partial charge on any atom is 0.229 e. The summed E-state index contributed by atoms with van der Waals surface area (Å²) >= 11 is 0. The molecular weight excluding hydrogens is 252 g/mol. The number of ketones is 1. The van der Waals surface area contributed by atoms with Crippen LogP contribution in [-0.4, -0.2) is 10.8 Å². The van der Waals surface area contributed by atoms with Crippen molar-refractivity contribution in [1.82, 2.24) is 4.98 Å². The molecule has 4 nitrogen and oxygen atoms in total. The zero-order valence-corrected chi connectivity index (χ0v) is 11.3. The van der Waals surface area contributed by atoms with Gasteiger partial charge < -0.3 is 10.2 Å². The SMILES string of the molecule is CC(=O)c1oc2nc(-c3ccccc3)cc(C)c2c1N. The summed E-state index contributed by atoms with van der Waals surface area (Å²) in [6, 6.07) is 11.8. The van der Waals surface area contributed by atoms with E-state index >= 15 is 0 Å². The Morgan fingerprint density at radius 1 is 1.25 bits per heavy atom. The minimum absolute atomic E-state index is 0.181. The number of aromatic nitrogens is 1. The van der Waals surface area contributed by atoms with E-state index in [2.05, 4.69) is 4.98 Å². The number of nitrogen functional groups attached to an aromatic ring is 1. The molecule has 2 N–H and O–H groups in total. The van der Waals surface area contributed by atoms with Crippen molar-refractivity contribution in [3.63, 3.8) is 0 Å². The molecule has 2 heterocycles. The van der Waals surface area contributed by atoms with E-state index in [0.29, 0.717) is 11.4 Å². The Hall–Kier alpha value is -2.62. The first kappa shape index (κ1) is 12.4. The van der Waals surface area contributed by atoms with Gasteiger partial charge in [0.15, 0.2) is 11.5 Å². The van der Waals surface area contributed by atoms with E-state index in [1.54, 1.807) is 0 Å². The minimum Gasteiger partial charge on any atom is -0.432 e. The number of anilines is 1. The van der Waals surface area contributed by atoms with Crippen molar-refractivity contribution in [2.75, 3.05) is 5.73 Å². The van der Waals surface area contributed by atoms with Gasteiger partial charge in [-0.3, -0.25) is 4.79 Å². The Morgan fingerprint density at radius 3 is 2.60 bits per heavy atom. The summed E-state index contributed by atoms with van der Waals surface area (Å²) in [7, 11) is 0. The van der Waals surface area contributed by atoms with Crippen LogP contribution in [0.3, 0.4) is 0 Å². The van der Waals surface area contributed by atoms with Gasteiger partial charge >= 0.3 is 0 Å². The standard InChI is InChI=1S/C16H14N2O2/c1-9-8-12(11-6-4-3-5-7-11)18-16-13(9)14(17)15(20-16)10(2)19/h3-8H,17H2,1-2H3. The first-order chi connectivity index (χ1) is 9.58. The van der Waals surface area contributed by atoms with E-state index in [1.165, 1.54) is 6.92 Å². The second-order valence-corrected chi connectivity index (χ2v) is 4.77. The normalized spacial score (nSPS) is 10.9. The zero-order valence-electron chi connectivity index (χ0n) is 11.3. The minimum atomic E-state index is -0.193. The number of benzene rings is 1. The number of Topliss-reactive ketones (excluding diaryl/α,β-unsaturated/α-hetero) is 1. The van der Waals surface area contributed by atoms with E-state index in [1.807, 2.05) is 43.3 Å². The van der Waals surface area contributed by atoms with Crippen LogP contribution in [0.4, 0.5) is 5.69 Å². The number of aryl methyl sites for hydroxylation is 1. The molecule has 0 aliphatic heterocycles. The fourth-order valence-electron chi connectivity index (χ4n) is 2.33. The van der Waals surface area contributed by atoms with Gasteiger partial charge in [0.1, 0.15) is 0 Å². The fourth-order valence-corrected chi connectivity index (χ4v) is 2.33. The van der Waals surface area contributed by atoms with Crippen molar-refractivity contribution in [2.45, 2.75) is 13.8 Å². The summed E-state index contributed by atoms with van der Waals surface area (Å²) in [4.78, 5) is 16.0. The van der Waals surface area contributed by atoms with Gasteiger partial charge in [0, 0.05) is 12.5 Å². The van der Waals surface area contributed by atoms with Crippen molar-refractivity contribution in [3.8, 4) is 11.3 Å². The predicted octanol–water partition coefficient (Wildman–Crippen LogP) is 3.59.